The lowest BCUT2D eigenvalue weighted by molar-refractivity contribution is 1.02. The number of aryl methyl sites for hydroxylation is 1. The zero-order valence-corrected chi connectivity index (χ0v) is 8.82. The molecule has 0 spiro atoms. The molecule has 0 atom stereocenters. The number of hydrogen-bond donors (Lipinski definition) is 1. The van der Waals surface area contributed by atoms with E-state index in [0.717, 1.165) is 6.42 Å². The Morgan fingerprint density at radius 2 is 1.50 bits per heavy atom. The average Bonchev–Trinajstić information content (AvgIpc) is 2.08. The van der Waals surface area contributed by atoms with Crippen LogP contribution < -0.4 is 5.32 Å². The first-order valence-corrected chi connectivity index (χ1v) is 3.97. The monoisotopic (exact) mass is 187 g/mol. The second kappa shape index (κ2) is 10.5. The molecule has 1 nitrogen and oxygen atoms in total. The van der Waals surface area contributed by atoms with Crippen molar-refractivity contribution in [3.63, 3.8) is 0 Å². The van der Waals surface area contributed by atoms with Crippen LogP contribution in [-0.4, -0.2) is 14.1 Å². The van der Waals surface area contributed by atoms with Gasteiger partial charge in [-0.15, -0.1) is 12.4 Å². The first-order valence-electron chi connectivity index (χ1n) is 3.97. The van der Waals surface area contributed by atoms with E-state index in [-0.39, 0.29) is 12.4 Å². The zero-order chi connectivity index (χ0) is 8.53. The molecule has 1 aromatic rings. The third-order valence-electron chi connectivity index (χ3n) is 1.25. The van der Waals surface area contributed by atoms with Gasteiger partial charge in [0.1, 0.15) is 0 Å². The summed E-state index contributed by atoms with van der Waals surface area (Å²) in [5.74, 6) is 0. The number of hydrogen-bond acceptors (Lipinski definition) is 1. The maximum Gasteiger partial charge on any atom is -0.0167 e. The summed E-state index contributed by atoms with van der Waals surface area (Å²) in [4.78, 5) is 0. The van der Waals surface area contributed by atoms with Crippen LogP contribution in [0.2, 0.25) is 0 Å². The molecule has 0 radical (unpaired) electrons. The van der Waals surface area contributed by atoms with Gasteiger partial charge in [0, 0.05) is 0 Å². The van der Waals surface area contributed by atoms with Crippen LogP contribution in [-0.2, 0) is 6.42 Å². The van der Waals surface area contributed by atoms with Gasteiger partial charge in [-0.05, 0) is 26.1 Å². The van der Waals surface area contributed by atoms with E-state index in [9.17, 15) is 0 Å². The molecule has 0 aromatic heterocycles. The standard InChI is InChI=1S/C8H10.C2H7N.ClH/c1-2-8-6-4-3-5-7-8;1-3-2;/h3-7H,2H2,1H3;3H,1-2H3;1H. The van der Waals surface area contributed by atoms with Gasteiger partial charge in [-0.3, -0.25) is 0 Å². The SMILES string of the molecule is CCc1ccccc1.CNC.Cl. The van der Waals surface area contributed by atoms with Gasteiger partial charge in [0.25, 0.3) is 0 Å². The van der Waals surface area contributed by atoms with Crippen molar-refractivity contribution < 1.29 is 0 Å². The third-order valence-corrected chi connectivity index (χ3v) is 1.25. The minimum atomic E-state index is 0. The van der Waals surface area contributed by atoms with Crippen molar-refractivity contribution in [2.45, 2.75) is 13.3 Å². The molecule has 0 unspecified atom stereocenters. The molecular formula is C10H18ClN. The van der Waals surface area contributed by atoms with Crippen molar-refractivity contribution in [2.75, 3.05) is 14.1 Å². The van der Waals surface area contributed by atoms with Crippen LogP contribution in [0.3, 0.4) is 0 Å². The van der Waals surface area contributed by atoms with E-state index in [1.807, 2.05) is 20.2 Å². The molecule has 0 aliphatic carbocycles. The van der Waals surface area contributed by atoms with Gasteiger partial charge in [-0.1, -0.05) is 37.3 Å². The fraction of sp³-hybridized carbons (Fsp3) is 0.400. The molecule has 0 aliphatic rings. The van der Waals surface area contributed by atoms with E-state index in [2.05, 4.69) is 36.5 Å². The van der Waals surface area contributed by atoms with E-state index in [0.29, 0.717) is 0 Å². The summed E-state index contributed by atoms with van der Waals surface area (Å²) in [7, 11) is 3.75. The highest BCUT2D eigenvalue weighted by atomic mass is 35.5. The van der Waals surface area contributed by atoms with Crippen molar-refractivity contribution in [3.05, 3.63) is 35.9 Å². The Morgan fingerprint density at radius 3 is 1.75 bits per heavy atom. The number of benzene rings is 1. The molecule has 70 valence electrons. The fourth-order valence-corrected chi connectivity index (χ4v) is 0.714. The molecule has 12 heavy (non-hydrogen) atoms. The molecule has 0 amide bonds. The molecular weight excluding hydrogens is 170 g/mol. The highest BCUT2D eigenvalue weighted by Crippen LogP contribution is 1.96. The average molecular weight is 188 g/mol. The van der Waals surface area contributed by atoms with Crippen molar-refractivity contribution in [3.8, 4) is 0 Å². The van der Waals surface area contributed by atoms with Crippen LogP contribution in [0.4, 0.5) is 0 Å². The maximum absolute atomic E-state index is 2.75. The lowest BCUT2D eigenvalue weighted by atomic mass is 10.2. The number of nitrogens with one attached hydrogen (secondary N) is 1. The maximum atomic E-state index is 2.75. The van der Waals surface area contributed by atoms with Gasteiger partial charge in [-0.2, -0.15) is 0 Å². The van der Waals surface area contributed by atoms with Gasteiger partial charge < -0.3 is 5.32 Å². The Bertz CT molecular complexity index is 163. The lowest BCUT2D eigenvalue weighted by Crippen LogP contribution is -1.89. The predicted octanol–water partition coefficient (Wildman–Crippen LogP) is 2.51. The summed E-state index contributed by atoms with van der Waals surface area (Å²) < 4.78 is 0. The molecule has 0 aliphatic heterocycles. The van der Waals surface area contributed by atoms with E-state index >= 15 is 0 Å². The van der Waals surface area contributed by atoms with Crippen molar-refractivity contribution in [1.29, 1.82) is 0 Å². The number of halogens is 1. The van der Waals surface area contributed by atoms with Gasteiger partial charge in [0.15, 0.2) is 0 Å². The minimum Gasteiger partial charge on any atom is -0.323 e. The molecule has 2 heteroatoms. The number of rotatable bonds is 1. The topological polar surface area (TPSA) is 12.0 Å². The first-order chi connectivity index (χ1) is 5.35. The van der Waals surface area contributed by atoms with Crippen molar-refractivity contribution >= 4 is 12.4 Å². The second-order valence-corrected chi connectivity index (χ2v) is 2.34. The zero-order valence-electron chi connectivity index (χ0n) is 8.00. The normalized spacial score (nSPS) is 7.58. The van der Waals surface area contributed by atoms with Crippen molar-refractivity contribution in [2.24, 2.45) is 0 Å². The first kappa shape index (κ1) is 14.0. The summed E-state index contributed by atoms with van der Waals surface area (Å²) in [6.45, 7) is 2.16. The van der Waals surface area contributed by atoms with Gasteiger partial charge in [-0.25, -0.2) is 0 Å². The van der Waals surface area contributed by atoms with Crippen LogP contribution in [0.25, 0.3) is 0 Å². The Morgan fingerprint density at radius 1 is 1.08 bits per heavy atom. The van der Waals surface area contributed by atoms with Crippen LogP contribution in [0.5, 0.6) is 0 Å². The highest BCUT2D eigenvalue weighted by molar-refractivity contribution is 5.85. The predicted molar refractivity (Wildman–Crippen MR) is 58.1 cm³/mol. The molecule has 0 heterocycles. The van der Waals surface area contributed by atoms with Crippen LogP contribution >= 0.6 is 12.4 Å². The minimum absolute atomic E-state index is 0. The molecule has 1 N–H and O–H groups in total. The third kappa shape index (κ3) is 7.58. The smallest absolute Gasteiger partial charge is 0.0167 e. The Kier molecular flexibility index (Phi) is 12.2. The molecule has 0 saturated carbocycles. The van der Waals surface area contributed by atoms with Crippen molar-refractivity contribution in [1.82, 2.24) is 5.32 Å². The Hall–Kier alpha value is -0.530. The Balaban J connectivity index is 0. The largest absolute Gasteiger partial charge is 0.323 e. The Labute approximate surface area is 81.6 Å². The van der Waals surface area contributed by atoms with Gasteiger partial charge in [0.05, 0.1) is 0 Å². The second-order valence-electron chi connectivity index (χ2n) is 2.34. The summed E-state index contributed by atoms with van der Waals surface area (Å²) in [5.41, 5.74) is 1.41. The quantitative estimate of drug-likeness (QED) is 0.713. The van der Waals surface area contributed by atoms with Crippen LogP contribution in [0.1, 0.15) is 12.5 Å². The molecule has 0 saturated heterocycles. The summed E-state index contributed by atoms with van der Waals surface area (Å²) >= 11 is 0. The van der Waals surface area contributed by atoms with Gasteiger partial charge >= 0.3 is 0 Å². The van der Waals surface area contributed by atoms with E-state index in [4.69, 9.17) is 0 Å². The van der Waals surface area contributed by atoms with E-state index < -0.39 is 0 Å². The molecule has 0 bridgehead atoms. The van der Waals surface area contributed by atoms with E-state index in [1.54, 1.807) is 0 Å². The van der Waals surface area contributed by atoms with Crippen LogP contribution in [0, 0.1) is 0 Å². The molecule has 1 aromatic carbocycles. The van der Waals surface area contributed by atoms with E-state index in [1.165, 1.54) is 5.56 Å². The molecule has 1 rings (SSSR count). The van der Waals surface area contributed by atoms with Crippen LogP contribution in [0.15, 0.2) is 30.3 Å². The van der Waals surface area contributed by atoms with Gasteiger partial charge in [0.2, 0.25) is 0 Å². The lowest BCUT2D eigenvalue weighted by Gasteiger charge is -1.89. The summed E-state index contributed by atoms with van der Waals surface area (Å²) in [5, 5.41) is 2.75. The highest BCUT2D eigenvalue weighted by Gasteiger charge is 1.79. The summed E-state index contributed by atoms with van der Waals surface area (Å²) in [6, 6.07) is 10.5. The fourth-order valence-electron chi connectivity index (χ4n) is 0.714. The molecule has 0 fully saturated rings. The summed E-state index contributed by atoms with van der Waals surface area (Å²) in [6.07, 6.45) is 1.14.